The van der Waals surface area contributed by atoms with Crippen LogP contribution in [0.1, 0.15) is 17.0 Å². The van der Waals surface area contributed by atoms with E-state index in [0.29, 0.717) is 17.1 Å². The van der Waals surface area contributed by atoms with Crippen molar-refractivity contribution in [2.45, 2.75) is 25.3 Å². The van der Waals surface area contributed by atoms with Crippen molar-refractivity contribution >= 4 is 47.6 Å². The third-order valence-corrected chi connectivity index (χ3v) is 6.59. The van der Waals surface area contributed by atoms with Crippen LogP contribution in [0.15, 0.2) is 60.8 Å². The molecule has 0 unspecified atom stereocenters. The Balaban J connectivity index is 1.78. The van der Waals surface area contributed by atoms with Crippen molar-refractivity contribution in [3.8, 4) is 5.75 Å². The fourth-order valence-electron chi connectivity index (χ4n) is 2.56. The van der Waals surface area contributed by atoms with Gasteiger partial charge >= 0.3 is 0 Å². The summed E-state index contributed by atoms with van der Waals surface area (Å²) >= 11 is 6.90. The fraction of sp³-hybridized carbons (Fsp3) is 0.167. The first-order valence-electron chi connectivity index (χ1n) is 7.89. The Hall–Kier alpha value is -1.84. The van der Waals surface area contributed by atoms with Crippen LogP contribution >= 0.6 is 31.9 Å². The van der Waals surface area contributed by atoms with E-state index in [2.05, 4.69) is 41.7 Å². The molecule has 1 aromatic heterocycles. The normalized spacial score (nSPS) is 11.4. The molecule has 0 atom stereocenters. The average molecular weight is 516 g/mol. The lowest BCUT2D eigenvalue weighted by Gasteiger charge is -2.12. The first-order chi connectivity index (χ1) is 12.8. The molecule has 3 rings (SSSR count). The van der Waals surface area contributed by atoms with Crippen molar-refractivity contribution in [1.82, 2.24) is 5.16 Å². The van der Waals surface area contributed by atoms with Crippen molar-refractivity contribution in [2.75, 3.05) is 4.72 Å². The smallest absolute Gasteiger partial charge is 0.267 e. The molecule has 0 aliphatic carbocycles. The number of anilines is 1. The summed E-state index contributed by atoms with van der Waals surface area (Å²) in [6, 6.07) is 12.7. The Morgan fingerprint density at radius 1 is 1.11 bits per heavy atom. The van der Waals surface area contributed by atoms with E-state index in [4.69, 9.17) is 9.26 Å². The highest BCUT2D eigenvalue weighted by atomic mass is 79.9. The zero-order valence-corrected chi connectivity index (χ0v) is 18.5. The summed E-state index contributed by atoms with van der Waals surface area (Å²) in [6.07, 6.45) is 0. The van der Waals surface area contributed by atoms with Crippen molar-refractivity contribution in [2.24, 2.45) is 0 Å². The van der Waals surface area contributed by atoms with Crippen LogP contribution in [0.25, 0.3) is 0 Å². The SMILES string of the molecule is Cc1noc(C)c1S(=O)(=O)Nc1cccc(COc2c(Br)cccc2Br)c1. The van der Waals surface area contributed by atoms with Crippen LogP contribution in [-0.2, 0) is 16.6 Å². The standard InChI is InChI=1S/C18H16Br2N2O4S/c1-11-18(12(2)26-21-11)27(23,24)22-14-6-3-5-13(9-14)10-25-17-15(19)7-4-8-16(17)20/h3-9,22H,10H2,1-2H3. The molecule has 142 valence electrons. The van der Waals surface area contributed by atoms with Gasteiger partial charge in [-0.2, -0.15) is 0 Å². The number of halogens is 2. The maximum atomic E-state index is 12.6. The molecule has 9 heteroatoms. The predicted molar refractivity (Wildman–Crippen MR) is 109 cm³/mol. The van der Waals surface area contributed by atoms with E-state index in [0.717, 1.165) is 14.5 Å². The zero-order valence-electron chi connectivity index (χ0n) is 14.5. The molecule has 0 aliphatic rings. The van der Waals surface area contributed by atoms with Gasteiger partial charge in [-0.3, -0.25) is 4.72 Å². The third-order valence-electron chi connectivity index (χ3n) is 3.72. The summed E-state index contributed by atoms with van der Waals surface area (Å²) < 4.78 is 40.3. The van der Waals surface area contributed by atoms with Crippen LogP contribution < -0.4 is 9.46 Å². The average Bonchev–Trinajstić information content (AvgIpc) is 2.94. The van der Waals surface area contributed by atoms with E-state index >= 15 is 0 Å². The van der Waals surface area contributed by atoms with Gasteiger partial charge in [-0.1, -0.05) is 23.4 Å². The van der Waals surface area contributed by atoms with E-state index in [1.807, 2.05) is 24.3 Å². The van der Waals surface area contributed by atoms with Gasteiger partial charge in [0.2, 0.25) is 0 Å². The lowest BCUT2D eigenvalue weighted by atomic mass is 10.2. The second-order valence-corrected chi connectivity index (χ2v) is 9.13. The summed E-state index contributed by atoms with van der Waals surface area (Å²) in [5, 5.41) is 3.70. The van der Waals surface area contributed by atoms with Gasteiger partial charge in [-0.25, -0.2) is 8.42 Å². The van der Waals surface area contributed by atoms with Gasteiger partial charge in [0.05, 0.1) is 8.95 Å². The molecular weight excluding hydrogens is 500 g/mol. The summed E-state index contributed by atoms with van der Waals surface area (Å²) in [7, 11) is -3.79. The Bertz CT molecular complexity index is 1040. The zero-order chi connectivity index (χ0) is 19.6. The summed E-state index contributed by atoms with van der Waals surface area (Å²) in [4.78, 5) is 0.0568. The number of nitrogens with zero attached hydrogens (tertiary/aromatic N) is 1. The minimum atomic E-state index is -3.79. The van der Waals surface area contributed by atoms with Crippen molar-refractivity contribution in [3.63, 3.8) is 0 Å². The molecule has 0 saturated carbocycles. The largest absolute Gasteiger partial charge is 0.487 e. The molecule has 0 bridgehead atoms. The topological polar surface area (TPSA) is 81.4 Å². The number of para-hydroxylation sites is 1. The van der Waals surface area contributed by atoms with E-state index in [1.165, 1.54) is 0 Å². The molecule has 0 fully saturated rings. The van der Waals surface area contributed by atoms with Crippen molar-refractivity contribution in [3.05, 3.63) is 68.4 Å². The Morgan fingerprint density at radius 2 is 1.78 bits per heavy atom. The number of sulfonamides is 1. The van der Waals surface area contributed by atoms with E-state index < -0.39 is 10.0 Å². The number of rotatable bonds is 6. The van der Waals surface area contributed by atoms with Gasteiger partial charge in [0.15, 0.2) is 10.7 Å². The number of hydrogen-bond acceptors (Lipinski definition) is 5. The highest BCUT2D eigenvalue weighted by Gasteiger charge is 2.24. The van der Waals surface area contributed by atoms with Gasteiger partial charge in [0.25, 0.3) is 10.0 Å². The molecule has 0 radical (unpaired) electrons. The molecule has 0 spiro atoms. The first-order valence-corrected chi connectivity index (χ1v) is 11.0. The number of ether oxygens (including phenoxy) is 1. The minimum Gasteiger partial charge on any atom is -0.487 e. The predicted octanol–water partition coefficient (Wildman–Crippen LogP) is 5.20. The molecule has 6 nitrogen and oxygen atoms in total. The van der Waals surface area contributed by atoms with Crippen LogP contribution in [0.2, 0.25) is 0 Å². The van der Waals surface area contributed by atoms with E-state index in [-0.39, 0.29) is 17.3 Å². The van der Waals surface area contributed by atoms with Crippen LogP contribution in [0.4, 0.5) is 5.69 Å². The van der Waals surface area contributed by atoms with E-state index in [1.54, 1.807) is 32.0 Å². The van der Waals surface area contributed by atoms with Crippen LogP contribution in [0.3, 0.4) is 0 Å². The highest BCUT2D eigenvalue weighted by molar-refractivity contribution is 9.11. The Morgan fingerprint density at radius 3 is 2.41 bits per heavy atom. The van der Waals surface area contributed by atoms with Gasteiger partial charge in [0, 0.05) is 5.69 Å². The van der Waals surface area contributed by atoms with Crippen molar-refractivity contribution < 1.29 is 17.7 Å². The van der Waals surface area contributed by atoms with Gasteiger partial charge in [0.1, 0.15) is 18.1 Å². The van der Waals surface area contributed by atoms with Crippen LogP contribution in [-0.4, -0.2) is 13.6 Å². The first kappa shape index (κ1) is 19.9. The van der Waals surface area contributed by atoms with Gasteiger partial charge in [-0.05, 0) is 75.5 Å². The van der Waals surface area contributed by atoms with Crippen molar-refractivity contribution in [1.29, 1.82) is 0 Å². The number of benzene rings is 2. The second-order valence-electron chi connectivity index (χ2n) is 5.80. The molecule has 3 aromatic rings. The van der Waals surface area contributed by atoms with Gasteiger partial charge < -0.3 is 9.26 Å². The summed E-state index contributed by atoms with van der Waals surface area (Å²) in [6.45, 7) is 3.43. The highest BCUT2D eigenvalue weighted by Crippen LogP contribution is 2.33. The molecule has 0 saturated heterocycles. The summed E-state index contributed by atoms with van der Waals surface area (Å²) in [5.74, 6) is 0.928. The molecular formula is C18H16Br2N2O4S. The van der Waals surface area contributed by atoms with Crippen LogP contribution in [0, 0.1) is 13.8 Å². The molecule has 2 aromatic carbocycles. The lowest BCUT2D eigenvalue weighted by molar-refractivity contribution is 0.302. The monoisotopic (exact) mass is 514 g/mol. The number of hydrogen-bond donors (Lipinski definition) is 1. The number of aromatic nitrogens is 1. The number of aryl methyl sites for hydroxylation is 2. The molecule has 1 heterocycles. The number of nitrogens with one attached hydrogen (secondary N) is 1. The lowest BCUT2D eigenvalue weighted by Crippen LogP contribution is -2.14. The minimum absolute atomic E-state index is 0.0568. The third kappa shape index (κ3) is 4.53. The van der Waals surface area contributed by atoms with E-state index in [9.17, 15) is 8.42 Å². The second kappa shape index (κ2) is 8.04. The maximum absolute atomic E-state index is 12.6. The Labute approximate surface area is 174 Å². The van der Waals surface area contributed by atoms with Crippen LogP contribution in [0.5, 0.6) is 5.75 Å². The van der Waals surface area contributed by atoms with Gasteiger partial charge in [-0.15, -0.1) is 0 Å². The Kier molecular flexibility index (Phi) is 5.92. The molecule has 27 heavy (non-hydrogen) atoms. The molecule has 1 N–H and O–H groups in total. The summed E-state index contributed by atoms with van der Waals surface area (Å²) in [5.41, 5.74) is 1.57. The fourth-order valence-corrected chi connectivity index (χ4v) is 5.17. The molecule has 0 amide bonds. The quantitative estimate of drug-likeness (QED) is 0.488. The maximum Gasteiger partial charge on any atom is 0.267 e. The molecule has 0 aliphatic heterocycles.